The molecule has 1 aliphatic heterocycles. The lowest BCUT2D eigenvalue weighted by Gasteiger charge is -2.21. The van der Waals surface area contributed by atoms with E-state index in [1.54, 1.807) is 0 Å². The second-order valence-electron chi connectivity index (χ2n) is 7.31. The first-order valence-corrected chi connectivity index (χ1v) is 16.3. The zero-order valence-electron chi connectivity index (χ0n) is 19.7. The maximum Gasteiger partial charge on any atom is 0.472 e. The highest BCUT2D eigenvalue weighted by Gasteiger charge is 2.40. The van der Waals surface area contributed by atoms with Gasteiger partial charge in [0, 0.05) is 26.0 Å². The Hall–Kier alpha value is 0.945. The van der Waals surface area contributed by atoms with Crippen LogP contribution in [-0.4, -0.2) is 67.7 Å². The highest BCUT2D eigenvalue weighted by molar-refractivity contribution is 8.76. The van der Waals surface area contributed by atoms with Crippen LogP contribution in [0.4, 0.5) is 0 Å². The molecular weight excluding hydrogens is 497 g/mol. The maximum atomic E-state index is 12.1. The first kappa shape index (κ1) is 29.2. The molecular formula is C18H37BO9P2S2. The topological polar surface area (TPSA) is 121 Å². The Morgan fingerprint density at radius 1 is 1.03 bits per heavy atom. The van der Waals surface area contributed by atoms with Gasteiger partial charge in [0.15, 0.2) is 0 Å². The molecule has 0 aromatic carbocycles. The van der Waals surface area contributed by atoms with Crippen LogP contribution in [0.5, 0.6) is 0 Å². The molecule has 32 heavy (non-hydrogen) atoms. The Labute approximate surface area is 202 Å². The van der Waals surface area contributed by atoms with Crippen molar-refractivity contribution in [3.8, 4) is 0 Å². The van der Waals surface area contributed by atoms with Gasteiger partial charge in [0.25, 0.3) is 0 Å². The summed E-state index contributed by atoms with van der Waals surface area (Å²) in [6, 6.07) is -0.755. The summed E-state index contributed by atoms with van der Waals surface area (Å²) in [4.78, 5) is 19.3. The van der Waals surface area contributed by atoms with Gasteiger partial charge in [-0.15, -0.1) is 0 Å². The van der Waals surface area contributed by atoms with E-state index in [4.69, 9.17) is 27.5 Å². The number of unbranched alkanes of at least 4 members (excludes halogenated alkanes) is 6. The standard InChI is InChI=1S/C18H37BO9P2S2/c1-3-4-5-9-12-31-32-13-10-7-6-8-11-25-30(22,23)26-15-17-16(14-18(19)27-17)28-29(20,21)24-2/h16-18H,3-15H2,1-2H3,(H,20,21)(H,22,23)/t16?,17-,18-/m1/s1/i1D. The molecule has 0 aliphatic carbocycles. The fourth-order valence-electron chi connectivity index (χ4n) is 2.85. The van der Waals surface area contributed by atoms with Crippen LogP contribution in [-0.2, 0) is 32.0 Å². The average molecular weight is 535 g/mol. The first-order chi connectivity index (χ1) is 15.7. The molecule has 14 heteroatoms. The van der Waals surface area contributed by atoms with Gasteiger partial charge < -0.3 is 14.5 Å². The molecule has 0 bridgehead atoms. The van der Waals surface area contributed by atoms with Crippen molar-refractivity contribution in [1.29, 1.82) is 0 Å². The monoisotopic (exact) mass is 535 g/mol. The molecule has 1 rings (SSSR count). The van der Waals surface area contributed by atoms with Gasteiger partial charge >= 0.3 is 15.6 Å². The predicted molar refractivity (Wildman–Crippen MR) is 130 cm³/mol. The number of phosphoric ester groups is 2. The Kier molecular flexibility index (Phi) is 15.9. The number of hydrogen-bond donors (Lipinski definition) is 2. The van der Waals surface area contributed by atoms with E-state index in [-0.39, 0.29) is 19.6 Å². The Morgan fingerprint density at radius 2 is 1.69 bits per heavy atom. The molecule has 0 amide bonds. The summed E-state index contributed by atoms with van der Waals surface area (Å²) in [6.07, 6.45) is 6.49. The van der Waals surface area contributed by atoms with Crippen LogP contribution in [0, 0.1) is 0 Å². The van der Waals surface area contributed by atoms with Crippen molar-refractivity contribution in [2.45, 2.75) is 82.9 Å². The molecule has 0 spiro atoms. The van der Waals surface area contributed by atoms with Crippen molar-refractivity contribution >= 4 is 45.1 Å². The molecule has 2 N–H and O–H groups in total. The van der Waals surface area contributed by atoms with E-state index >= 15 is 0 Å². The smallest absolute Gasteiger partial charge is 0.380 e. The van der Waals surface area contributed by atoms with E-state index in [9.17, 15) is 18.9 Å². The van der Waals surface area contributed by atoms with E-state index in [1.807, 2.05) is 21.6 Å². The summed E-state index contributed by atoms with van der Waals surface area (Å²) >= 11 is 0. The second kappa shape index (κ2) is 17.4. The lowest BCUT2D eigenvalue weighted by molar-refractivity contribution is -0.00843. The molecule has 2 radical (unpaired) electrons. The predicted octanol–water partition coefficient (Wildman–Crippen LogP) is 5.06. The molecule has 9 nitrogen and oxygen atoms in total. The van der Waals surface area contributed by atoms with Crippen LogP contribution in [0.15, 0.2) is 0 Å². The normalized spacial score (nSPS) is 25.3. The minimum absolute atomic E-state index is 0.0917. The van der Waals surface area contributed by atoms with Gasteiger partial charge in [-0.1, -0.05) is 60.6 Å². The highest BCUT2D eigenvalue weighted by atomic mass is 33.1. The molecule has 0 saturated carbocycles. The summed E-state index contributed by atoms with van der Waals surface area (Å²) < 4.78 is 55.4. The zero-order valence-corrected chi connectivity index (χ0v) is 22.1. The zero-order chi connectivity index (χ0) is 24.6. The Balaban J connectivity index is 2.07. The summed E-state index contributed by atoms with van der Waals surface area (Å²) in [5.74, 6) is 2.23. The van der Waals surface area contributed by atoms with Crippen molar-refractivity contribution in [3.05, 3.63) is 0 Å². The summed E-state index contributed by atoms with van der Waals surface area (Å²) in [7, 11) is 1.93. The third-order valence-corrected chi connectivity index (χ3v) is 9.13. The lowest BCUT2D eigenvalue weighted by atomic mass is 9.96. The number of rotatable bonds is 20. The quantitative estimate of drug-likeness (QED) is 0.0942. The molecule has 1 fully saturated rings. The van der Waals surface area contributed by atoms with Gasteiger partial charge in [-0.3, -0.25) is 18.1 Å². The van der Waals surface area contributed by atoms with E-state index in [0.29, 0.717) is 13.3 Å². The van der Waals surface area contributed by atoms with E-state index in [2.05, 4.69) is 4.52 Å². The van der Waals surface area contributed by atoms with Gasteiger partial charge in [-0.2, -0.15) is 0 Å². The first-order valence-electron chi connectivity index (χ1n) is 11.5. The molecule has 5 atom stereocenters. The summed E-state index contributed by atoms with van der Waals surface area (Å²) in [6.45, 7) is 0.241. The van der Waals surface area contributed by atoms with Gasteiger partial charge in [0.1, 0.15) is 14.0 Å². The average Bonchev–Trinajstić information content (AvgIpc) is 3.10. The van der Waals surface area contributed by atoms with Gasteiger partial charge in [0.05, 0.1) is 19.3 Å². The summed E-state index contributed by atoms with van der Waals surface area (Å²) in [5, 5.41) is 0. The van der Waals surface area contributed by atoms with Crippen molar-refractivity contribution in [1.82, 2.24) is 0 Å². The van der Waals surface area contributed by atoms with Crippen molar-refractivity contribution < 1.29 is 43.1 Å². The molecule has 1 heterocycles. The summed E-state index contributed by atoms with van der Waals surface area (Å²) in [5.41, 5.74) is 0. The van der Waals surface area contributed by atoms with Gasteiger partial charge in [0.2, 0.25) is 0 Å². The SMILES string of the molecule is [2H]CCCCCCSSCCCCCCOP(=O)(O)OC[C@H]1O[C@@H]([B])CC1OP(=O)(O)OC. The maximum absolute atomic E-state index is 12.1. The fourth-order valence-corrected chi connectivity index (χ4v) is 6.57. The third kappa shape index (κ3) is 15.0. The molecule has 0 aromatic heterocycles. The van der Waals surface area contributed by atoms with E-state index in [1.165, 1.54) is 12.8 Å². The van der Waals surface area contributed by atoms with E-state index in [0.717, 1.165) is 50.7 Å². The minimum atomic E-state index is -4.29. The molecule has 1 aliphatic rings. The third-order valence-electron chi connectivity index (χ3n) is 4.57. The lowest BCUT2D eigenvalue weighted by Crippen LogP contribution is -2.28. The Bertz CT molecular complexity index is 611. The van der Waals surface area contributed by atoms with Crippen LogP contribution < -0.4 is 0 Å². The van der Waals surface area contributed by atoms with Gasteiger partial charge in [-0.05, 0) is 25.7 Å². The van der Waals surface area contributed by atoms with Crippen LogP contribution >= 0.6 is 37.2 Å². The molecule has 0 aromatic rings. The number of hydrogen-bond acceptors (Lipinski definition) is 9. The minimum Gasteiger partial charge on any atom is -0.380 e. The number of ether oxygens (including phenoxy) is 1. The van der Waals surface area contributed by atoms with Crippen LogP contribution in [0.1, 0.15) is 66.1 Å². The van der Waals surface area contributed by atoms with Crippen molar-refractivity contribution in [2.75, 3.05) is 31.8 Å². The fraction of sp³-hybridized carbons (Fsp3) is 1.00. The largest absolute Gasteiger partial charge is 0.472 e. The van der Waals surface area contributed by atoms with E-state index < -0.39 is 33.9 Å². The van der Waals surface area contributed by atoms with Crippen LogP contribution in [0.2, 0.25) is 0 Å². The second-order valence-corrected chi connectivity index (χ2v) is 13.0. The van der Waals surface area contributed by atoms with Crippen molar-refractivity contribution in [2.24, 2.45) is 0 Å². The number of phosphoric acid groups is 2. The molecule has 188 valence electrons. The Morgan fingerprint density at radius 3 is 2.34 bits per heavy atom. The van der Waals surface area contributed by atoms with Gasteiger partial charge in [-0.25, -0.2) is 9.13 Å². The van der Waals surface area contributed by atoms with Crippen LogP contribution in [0.3, 0.4) is 0 Å². The van der Waals surface area contributed by atoms with Crippen LogP contribution in [0.25, 0.3) is 0 Å². The molecule has 3 unspecified atom stereocenters. The highest BCUT2D eigenvalue weighted by Crippen LogP contribution is 2.48. The molecule has 1 saturated heterocycles. The van der Waals surface area contributed by atoms with Crippen molar-refractivity contribution in [3.63, 3.8) is 0 Å².